The molecule has 0 amide bonds. The van der Waals surface area contributed by atoms with Gasteiger partial charge in [-0.15, -0.1) is 0 Å². The third-order valence-electron chi connectivity index (χ3n) is 4.74. The van der Waals surface area contributed by atoms with Crippen molar-refractivity contribution in [2.45, 2.75) is 6.04 Å². The fraction of sp³-hybridized carbons (Fsp3) is 0.158. The molecule has 2 heterocycles. The molecule has 0 aliphatic carbocycles. The minimum Gasteiger partial charge on any atom is -0.438 e. The van der Waals surface area contributed by atoms with Gasteiger partial charge in [-0.3, -0.25) is 24.0 Å². The van der Waals surface area contributed by atoms with Crippen LogP contribution in [0.25, 0.3) is 0 Å². The van der Waals surface area contributed by atoms with Crippen molar-refractivity contribution in [3.8, 4) is 11.6 Å². The van der Waals surface area contributed by atoms with Crippen LogP contribution in [0.3, 0.4) is 0 Å². The molecule has 0 bridgehead atoms. The molecule has 2 aromatic carbocycles. The number of rotatable bonds is 2. The van der Waals surface area contributed by atoms with Crippen LogP contribution in [0.4, 0.5) is 11.4 Å². The Morgan fingerprint density at radius 1 is 1.07 bits per heavy atom. The lowest BCUT2D eigenvalue weighted by Gasteiger charge is -2.20. The lowest BCUT2D eigenvalue weighted by molar-refractivity contribution is -0.384. The molecule has 0 fully saturated rings. The van der Waals surface area contributed by atoms with Gasteiger partial charge >= 0.3 is 5.69 Å². The summed E-state index contributed by atoms with van der Waals surface area (Å²) < 4.78 is 8.18. The highest BCUT2D eigenvalue weighted by atomic mass is 16.6. The summed E-state index contributed by atoms with van der Waals surface area (Å²) in [7, 11) is 2.90. The predicted octanol–water partition coefficient (Wildman–Crippen LogP) is 2.30. The minimum absolute atomic E-state index is 0.0963. The quantitative estimate of drug-likeness (QED) is 0.540. The Balaban J connectivity index is 2.05. The second-order valence-corrected chi connectivity index (χ2v) is 6.45. The first kappa shape index (κ1) is 17.5. The van der Waals surface area contributed by atoms with E-state index in [1.165, 1.54) is 30.8 Å². The van der Waals surface area contributed by atoms with Gasteiger partial charge in [0.05, 0.1) is 16.7 Å². The second kappa shape index (κ2) is 6.38. The van der Waals surface area contributed by atoms with Crippen molar-refractivity contribution in [1.82, 2.24) is 9.13 Å². The van der Waals surface area contributed by atoms with Crippen molar-refractivity contribution in [3.63, 3.8) is 0 Å². The van der Waals surface area contributed by atoms with Crippen LogP contribution in [0.15, 0.2) is 58.1 Å². The fourth-order valence-corrected chi connectivity index (χ4v) is 3.30. The Bertz CT molecular complexity index is 1230. The predicted molar refractivity (Wildman–Crippen MR) is 102 cm³/mol. The normalized spacial score (nSPS) is 14.9. The summed E-state index contributed by atoms with van der Waals surface area (Å²) in [6, 6.07) is 12.3. The maximum absolute atomic E-state index is 13.0. The number of fused-ring (bicyclic) bond motifs is 2. The number of anilines is 1. The zero-order valence-electron chi connectivity index (χ0n) is 15.1. The monoisotopic (exact) mass is 380 g/mol. The number of nitrogens with one attached hydrogen (secondary N) is 1. The maximum Gasteiger partial charge on any atom is 0.333 e. The summed E-state index contributed by atoms with van der Waals surface area (Å²) in [5.41, 5.74) is 0.147. The molecule has 0 unspecified atom stereocenters. The smallest absolute Gasteiger partial charge is 0.333 e. The van der Waals surface area contributed by atoms with E-state index in [9.17, 15) is 19.7 Å². The number of hydrogen-bond acceptors (Lipinski definition) is 6. The highest BCUT2D eigenvalue weighted by Gasteiger charge is 2.31. The molecule has 9 nitrogen and oxygen atoms in total. The number of nitro groups is 1. The van der Waals surface area contributed by atoms with Crippen molar-refractivity contribution in [2.24, 2.45) is 14.1 Å². The van der Waals surface area contributed by atoms with Crippen molar-refractivity contribution in [1.29, 1.82) is 0 Å². The molecule has 4 rings (SSSR count). The zero-order valence-corrected chi connectivity index (χ0v) is 15.1. The van der Waals surface area contributed by atoms with Crippen LogP contribution >= 0.6 is 0 Å². The topological polar surface area (TPSA) is 108 Å². The number of para-hydroxylation sites is 2. The summed E-state index contributed by atoms with van der Waals surface area (Å²) in [6.07, 6.45) is 0. The van der Waals surface area contributed by atoms with E-state index in [0.717, 1.165) is 4.57 Å². The zero-order chi connectivity index (χ0) is 20.0. The van der Waals surface area contributed by atoms with E-state index >= 15 is 0 Å². The highest BCUT2D eigenvalue weighted by Crippen LogP contribution is 2.40. The minimum atomic E-state index is -0.746. The Labute approximate surface area is 158 Å². The van der Waals surface area contributed by atoms with E-state index in [2.05, 4.69) is 5.32 Å². The molecule has 1 atom stereocenters. The first-order valence-corrected chi connectivity index (χ1v) is 8.46. The molecule has 9 heteroatoms. The van der Waals surface area contributed by atoms with Gasteiger partial charge in [0, 0.05) is 26.2 Å². The maximum atomic E-state index is 13.0. The van der Waals surface area contributed by atoms with Gasteiger partial charge in [-0.05, 0) is 17.7 Å². The van der Waals surface area contributed by atoms with Crippen molar-refractivity contribution >= 4 is 11.4 Å². The largest absolute Gasteiger partial charge is 0.438 e. The van der Waals surface area contributed by atoms with Gasteiger partial charge in [0.15, 0.2) is 5.75 Å². The van der Waals surface area contributed by atoms with E-state index in [1.54, 1.807) is 36.4 Å². The number of hydrogen-bond donors (Lipinski definition) is 1. The number of nitrogens with zero attached hydrogens (tertiary/aromatic N) is 3. The molecule has 1 N–H and O–H groups in total. The third-order valence-corrected chi connectivity index (χ3v) is 4.74. The van der Waals surface area contributed by atoms with Crippen LogP contribution in [-0.2, 0) is 14.1 Å². The number of benzene rings is 2. The fourth-order valence-electron chi connectivity index (χ4n) is 3.30. The van der Waals surface area contributed by atoms with Crippen LogP contribution in [0, 0.1) is 10.1 Å². The molecule has 142 valence electrons. The molecule has 28 heavy (non-hydrogen) atoms. The first-order chi connectivity index (χ1) is 13.4. The molecule has 1 aromatic heterocycles. The van der Waals surface area contributed by atoms with Crippen LogP contribution in [0.1, 0.15) is 17.2 Å². The highest BCUT2D eigenvalue weighted by molar-refractivity contribution is 5.63. The standard InChI is InChI=1S/C19H16N4O5/c1-21-17(24)15-16(11-6-5-7-12(10-11)23(26)27)20-13-8-3-4-9-14(13)28-18(15)22(2)19(21)25/h3-10,16,20H,1-2H3/t16-/m0/s1. The summed E-state index contributed by atoms with van der Waals surface area (Å²) in [4.78, 5) is 36.1. The summed E-state index contributed by atoms with van der Waals surface area (Å²) in [5, 5.41) is 14.5. The molecule has 0 radical (unpaired) electrons. The van der Waals surface area contributed by atoms with E-state index < -0.39 is 22.2 Å². The number of aromatic nitrogens is 2. The lowest BCUT2D eigenvalue weighted by atomic mass is 9.99. The van der Waals surface area contributed by atoms with Gasteiger partial charge in [0.1, 0.15) is 5.56 Å². The summed E-state index contributed by atoms with van der Waals surface area (Å²) in [5.74, 6) is 0.544. The van der Waals surface area contributed by atoms with Gasteiger partial charge in [0.2, 0.25) is 5.88 Å². The summed E-state index contributed by atoms with van der Waals surface area (Å²) in [6.45, 7) is 0. The van der Waals surface area contributed by atoms with Crippen molar-refractivity contribution < 1.29 is 9.66 Å². The molecular formula is C19H16N4O5. The molecule has 0 saturated carbocycles. The number of nitro benzene ring substituents is 1. The first-order valence-electron chi connectivity index (χ1n) is 8.46. The van der Waals surface area contributed by atoms with E-state index in [1.807, 2.05) is 0 Å². The van der Waals surface area contributed by atoms with Gasteiger partial charge < -0.3 is 10.1 Å². The van der Waals surface area contributed by atoms with Gasteiger partial charge in [-0.25, -0.2) is 4.79 Å². The lowest BCUT2D eigenvalue weighted by Crippen LogP contribution is -2.40. The Hall–Kier alpha value is -3.88. The van der Waals surface area contributed by atoms with E-state index in [4.69, 9.17) is 4.74 Å². The van der Waals surface area contributed by atoms with Crippen LogP contribution in [-0.4, -0.2) is 14.1 Å². The molecule has 3 aromatic rings. The van der Waals surface area contributed by atoms with E-state index in [0.29, 0.717) is 17.0 Å². The van der Waals surface area contributed by atoms with Gasteiger partial charge in [-0.2, -0.15) is 0 Å². The third kappa shape index (κ3) is 2.64. The van der Waals surface area contributed by atoms with Gasteiger partial charge in [0.25, 0.3) is 11.2 Å². The molecule has 0 spiro atoms. The SMILES string of the molecule is Cn1c2c(c(=O)n(C)c1=O)[C@H](c1cccc([N+](=O)[O-])c1)Nc1ccccc1O2. The molecule has 1 aliphatic heterocycles. The van der Waals surface area contributed by atoms with Crippen LogP contribution < -0.4 is 21.3 Å². The molecular weight excluding hydrogens is 364 g/mol. The Morgan fingerprint density at radius 2 is 1.82 bits per heavy atom. The molecule has 1 aliphatic rings. The number of non-ortho nitro benzene ring substituents is 1. The average molecular weight is 380 g/mol. The molecule has 0 saturated heterocycles. The summed E-state index contributed by atoms with van der Waals surface area (Å²) >= 11 is 0. The Morgan fingerprint density at radius 3 is 2.57 bits per heavy atom. The van der Waals surface area contributed by atoms with E-state index in [-0.39, 0.29) is 17.1 Å². The van der Waals surface area contributed by atoms with Crippen LogP contribution in [0.5, 0.6) is 11.6 Å². The van der Waals surface area contributed by atoms with Crippen LogP contribution in [0.2, 0.25) is 0 Å². The number of ether oxygens (including phenoxy) is 1. The van der Waals surface area contributed by atoms with Gasteiger partial charge in [-0.1, -0.05) is 24.3 Å². The Kier molecular flexibility index (Phi) is 3.99. The average Bonchev–Trinajstić information content (AvgIpc) is 2.88. The van der Waals surface area contributed by atoms with Crippen molar-refractivity contribution in [3.05, 3.63) is 90.6 Å². The second-order valence-electron chi connectivity index (χ2n) is 6.45. The van der Waals surface area contributed by atoms with Crippen molar-refractivity contribution in [2.75, 3.05) is 5.32 Å².